The summed E-state index contributed by atoms with van der Waals surface area (Å²) >= 11 is 0. The number of carbonyl (C=O) groups is 1. The van der Waals surface area contributed by atoms with Gasteiger partial charge >= 0.3 is 5.97 Å². The number of carboxylic acid groups (broad SMARTS) is 1. The Balaban J connectivity index is 1.74. The summed E-state index contributed by atoms with van der Waals surface area (Å²) in [5, 5.41) is 8.84. The summed E-state index contributed by atoms with van der Waals surface area (Å²) in [5.41, 5.74) is 1.33. The third-order valence-corrected chi connectivity index (χ3v) is 3.16. The lowest BCUT2D eigenvalue weighted by molar-refractivity contribution is -0.138. The van der Waals surface area contributed by atoms with Gasteiger partial charge in [0.1, 0.15) is 0 Å². The molecule has 0 bridgehead atoms. The lowest BCUT2D eigenvalue weighted by Crippen LogP contribution is -2.32. The predicted molar refractivity (Wildman–Crippen MR) is 67.0 cm³/mol. The maximum Gasteiger partial charge on any atom is 0.317 e. The molecule has 3 nitrogen and oxygen atoms in total. The minimum atomic E-state index is -0.711. The van der Waals surface area contributed by atoms with E-state index in [0.29, 0.717) is 6.04 Å². The van der Waals surface area contributed by atoms with Crippen LogP contribution >= 0.6 is 0 Å². The van der Waals surface area contributed by atoms with Gasteiger partial charge in [-0.2, -0.15) is 0 Å². The van der Waals surface area contributed by atoms with Crippen LogP contribution in [0, 0.1) is 0 Å². The Morgan fingerprint density at radius 3 is 2.59 bits per heavy atom. The van der Waals surface area contributed by atoms with Gasteiger partial charge < -0.3 is 5.11 Å². The first kappa shape index (κ1) is 12.1. The van der Waals surface area contributed by atoms with E-state index in [2.05, 4.69) is 17.0 Å². The fourth-order valence-corrected chi connectivity index (χ4v) is 2.14. The molecule has 17 heavy (non-hydrogen) atoms. The van der Waals surface area contributed by atoms with Crippen LogP contribution < -0.4 is 0 Å². The van der Waals surface area contributed by atoms with Crippen molar-refractivity contribution in [2.75, 3.05) is 13.1 Å². The average molecular weight is 233 g/mol. The summed E-state index contributed by atoms with van der Waals surface area (Å²) in [7, 11) is 0. The van der Waals surface area contributed by atoms with Gasteiger partial charge in [0, 0.05) is 6.04 Å². The third-order valence-electron chi connectivity index (χ3n) is 3.16. The first-order valence-electron chi connectivity index (χ1n) is 6.25. The van der Waals surface area contributed by atoms with Crippen molar-refractivity contribution < 1.29 is 9.90 Å². The molecule has 0 spiro atoms. The van der Waals surface area contributed by atoms with Gasteiger partial charge in [-0.3, -0.25) is 9.69 Å². The Morgan fingerprint density at radius 2 is 2.00 bits per heavy atom. The van der Waals surface area contributed by atoms with Crippen molar-refractivity contribution in [2.24, 2.45) is 0 Å². The zero-order chi connectivity index (χ0) is 12.1. The molecule has 1 aromatic rings. The fraction of sp³-hybridized carbons (Fsp3) is 0.500. The number of aryl methyl sites for hydroxylation is 1. The summed E-state index contributed by atoms with van der Waals surface area (Å²) in [6.07, 6.45) is 4.40. The van der Waals surface area contributed by atoms with Crippen molar-refractivity contribution in [2.45, 2.75) is 31.7 Å². The molecular formula is C14H19NO2. The average Bonchev–Trinajstić information content (AvgIpc) is 3.12. The zero-order valence-corrected chi connectivity index (χ0v) is 10.0. The monoisotopic (exact) mass is 233 g/mol. The van der Waals surface area contributed by atoms with E-state index >= 15 is 0 Å². The highest BCUT2D eigenvalue weighted by molar-refractivity contribution is 5.69. The van der Waals surface area contributed by atoms with Crippen LogP contribution in [0.3, 0.4) is 0 Å². The second kappa shape index (κ2) is 5.82. The molecule has 1 fully saturated rings. The van der Waals surface area contributed by atoms with Gasteiger partial charge in [-0.15, -0.1) is 0 Å². The molecule has 0 heterocycles. The van der Waals surface area contributed by atoms with Crippen LogP contribution in [-0.4, -0.2) is 35.1 Å². The van der Waals surface area contributed by atoms with Crippen LogP contribution in [0.4, 0.5) is 0 Å². The number of benzene rings is 1. The molecule has 92 valence electrons. The molecule has 0 aliphatic heterocycles. The Labute approximate surface area is 102 Å². The highest BCUT2D eigenvalue weighted by Crippen LogP contribution is 2.26. The Kier molecular flexibility index (Phi) is 4.15. The van der Waals surface area contributed by atoms with Gasteiger partial charge in [0.15, 0.2) is 0 Å². The standard InChI is InChI=1S/C14H19NO2/c16-14(17)11-15(13-8-9-13)10-4-7-12-5-2-1-3-6-12/h1-3,5-6,13H,4,7-11H2,(H,16,17). The fourth-order valence-electron chi connectivity index (χ4n) is 2.14. The molecule has 0 radical (unpaired) electrons. The van der Waals surface area contributed by atoms with E-state index in [1.165, 1.54) is 18.4 Å². The molecule has 1 N–H and O–H groups in total. The van der Waals surface area contributed by atoms with Crippen LogP contribution in [0.1, 0.15) is 24.8 Å². The van der Waals surface area contributed by atoms with Gasteiger partial charge in [-0.1, -0.05) is 30.3 Å². The van der Waals surface area contributed by atoms with Crippen LogP contribution in [0.5, 0.6) is 0 Å². The summed E-state index contributed by atoms with van der Waals surface area (Å²) < 4.78 is 0. The SMILES string of the molecule is O=C(O)CN(CCCc1ccccc1)C1CC1. The molecule has 0 saturated heterocycles. The Bertz CT molecular complexity index is 360. The largest absolute Gasteiger partial charge is 0.480 e. The molecular weight excluding hydrogens is 214 g/mol. The number of aliphatic carboxylic acids is 1. The van der Waals surface area contributed by atoms with Crippen molar-refractivity contribution in [3.8, 4) is 0 Å². The quantitative estimate of drug-likeness (QED) is 0.784. The van der Waals surface area contributed by atoms with Gasteiger partial charge in [0.2, 0.25) is 0 Å². The van der Waals surface area contributed by atoms with Crippen LogP contribution in [0.15, 0.2) is 30.3 Å². The number of rotatable bonds is 7. The molecule has 3 heteroatoms. The van der Waals surface area contributed by atoms with E-state index in [0.717, 1.165) is 19.4 Å². The lowest BCUT2D eigenvalue weighted by Gasteiger charge is -2.19. The highest BCUT2D eigenvalue weighted by Gasteiger charge is 2.29. The van der Waals surface area contributed by atoms with Crippen LogP contribution in [0.25, 0.3) is 0 Å². The van der Waals surface area contributed by atoms with Crippen LogP contribution in [0.2, 0.25) is 0 Å². The molecule has 1 aliphatic carbocycles. The highest BCUT2D eigenvalue weighted by atomic mass is 16.4. The molecule has 0 aromatic heterocycles. The van der Waals surface area contributed by atoms with Gasteiger partial charge in [-0.05, 0) is 37.8 Å². The molecule has 1 aromatic carbocycles. The molecule has 2 rings (SSSR count). The van der Waals surface area contributed by atoms with Crippen molar-refractivity contribution in [1.29, 1.82) is 0 Å². The smallest absolute Gasteiger partial charge is 0.317 e. The van der Waals surface area contributed by atoms with Crippen LogP contribution in [-0.2, 0) is 11.2 Å². The molecule has 1 saturated carbocycles. The first-order valence-corrected chi connectivity index (χ1v) is 6.25. The van der Waals surface area contributed by atoms with Gasteiger partial charge in [-0.25, -0.2) is 0 Å². The van der Waals surface area contributed by atoms with Gasteiger partial charge in [0.25, 0.3) is 0 Å². The first-order chi connectivity index (χ1) is 8.25. The topological polar surface area (TPSA) is 40.5 Å². The van der Waals surface area contributed by atoms with Crippen molar-refractivity contribution in [3.05, 3.63) is 35.9 Å². The van der Waals surface area contributed by atoms with Crippen molar-refractivity contribution in [1.82, 2.24) is 4.90 Å². The van der Waals surface area contributed by atoms with E-state index in [4.69, 9.17) is 5.11 Å². The number of carboxylic acids is 1. The molecule has 1 aliphatic rings. The van der Waals surface area contributed by atoms with E-state index < -0.39 is 5.97 Å². The maximum absolute atomic E-state index is 10.7. The normalized spacial score (nSPS) is 15.1. The van der Waals surface area contributed by atoms with Crippen molar-refractivity contribution in [3.63, 3.8) is 0 Å². The number of nitrogens with zero attached hydrogens (tertiary/aromatic N) is 1. The van der Waals surface area contributed by atoms with E-state index in [1.807, 2.05) is 18.2 Å². The van der Waals surface area contributed by atoms with E-state index in [9.17, 15) is 4.79 Å². The molecule has 0 atom stereocenters. The number of hydrogen-bond donors (Lipinski definition) is 1. The summed E-state index contributed by atoms with van der Waals surface area (Å²) in [4.78, 5) is 12.8. The predicted octanol–water partition coefficient (Wildman–Crippen LogP) is 2.17. The van der Waals surface area contributed by atoms with Gasteiger partial charge in [0.05, 0.1) is 6.54 Å². The second-order valence-electron chi connectivity index (χ2n) is 4.68. The van der Waals surface area contributed by atoms with E-state index in [-0.39, 0.29) is 6.54 Å². The minimum absolute atomic E-state index is 0.194. The lowest BCUT2D eigenvalue weighted by atomic mass is 10.1. The van der Waals surface area contributed by atoms with E-state index in [1.54, 1.807) is 0 Å². The summed E-state index contributed by atoms with van der Waals surface area (Å²) in [6.45, 7) is 1.09. The molecule has 0 amide bonds. The third kappa shape index (κ3) is 4.19. The Hall–Kier alpha value is -1.35. The number of hydrogen-bond acceptors (Lipinski definition) is 2. The molecule has 0 unspecified atom stereocenters. The maximum atomic E-state index is 10.7. The minimum Gasteiger partial charge on any atom is -0.480 e. The summed E-state index contributed by atoms with van der Waals surface area (Å²) in [5.74, 6) is -0.711. The van der Waals surface area contributed by atoms with Crippen molar-refractivity contribution >= 4 is 5.97 Å². The second-order valence-corrected chi connectivity index (χ2v) is 4.68. The zero-order valence-electron chi connectivity index (χ0n) is 10.0. The summed E-state index contributed by atoms with van der Waals surface area (Å²) in [6, 6.07) is 10.9. The Morgan fingerprint density at radius 1 is 1.29 bits per heavy atom.